The number of carbonyl (C=O) groups is 1. The summed E-state index contributed by atoms with van der Waals surface area (Å²) in [4.78, 5) is 18.6. The number of unbranched alkanes of at least 4 members (excludes halogenated alkanes) is 1. The first kappa shape index (κ1) is 23.3. The van der Waals surface area contributed by atoms with Crippen molar-refractivity contribution in [2.24, 2.45) is 5.73 Å². The van der Waals surface area contributed by atoms with Crippen LogP contribution in [0.5, 0.6) is 11.5 Å². The van der Waals surface area contributed by atoms with Gasteiger partial charge in [0, 0.05) is 49.2 Å². The lowest BCUT2D eigenvalue weighted by atomic mass is 10.2. The second-order valence-corrected chi connectivity index (χ2v) is 9.86. The molecular weight excluding hydrogens is 462 g/mol. The number of carbonyl (C=O) groups excluding carboxylic acids is 1. The Morgan fingerprint density at radius 3 is 2.60 bits per heavy atom. The number of anilines is 2. The van der Waals surface area contributed by atoms with Gasteiger partial charge in [0.1, 0.15) is 18.2 Å². The van der Waals surface area contributed by atoms with Gasteiger partial charge in [-0.2, -0.15) is 5.26 Å². The zero-order valence-electron chi connectivity index (χ0n) is 19.6. The molecule has 3 aromatic rings. The predicted molar refractivity (Wildman–Crippen MR) is 139 cm³/mol. The van der Waals surface area contributed by atoms with E-state index in [0.29, 0.717) is 25.3 Å². The highest BCUT2D eigenvalue weighted by Crippen LogP contribution is 2.35. The third-order valence-corrected chi connectivity index (χ3v) is 7.67. The average molecular weight is 492 g/mol. The summed E-state index contributed by atoms with van der Waals surface area (Å²) in [5.74, 6) is 1.66. The number of piperazine rings is 1. The lowest BCUT2D eigenvalue weighted by molar-refractivity contribution is 0.171. The Kier molecular flexibility index (Phi) is 6.93. The van der Waals surface area contributed by atoms with Crippen molar-refractivity contribution in [3.63, 3.8) is 0 Å². The van der Waals surface area contributed by atoms with E-state index in [1.807, 2.05) is 24.3 Å². The normalized spacial score (nSPS) is 15.7. The number of hydrogen-bond donors (Lipinski definition) is 1. The van der Waals surface area contributed by atoms with E-state index in [4.69, 9.17) is 20.5 Å². The van der Waals surface area contributed by atoms with Gasteiger partial charge in [0.05, 0.1) is 11.6 Å². The molecule has 2 aliphatic rings. The van der Waals surface area contributed by atoms with Gasteiger partial charge in [-0.15, -0.1) is 11.3 Å². The fraction of sp³-hybridized carbons (Fsp3) is 0.385. The number of fused-ring (bicyclic) bond motifs is 2. The van der Waals surface area contributed by atoms with Gasteiger partial charge in [-0.1, -0.05) is 0 Å². The maximum absolute atomic E-state index is 12.1. The van der Waals surface area contributed by atoms with Crippen molar-refractivity contribution in [1.29, 1.82) is 5.26 Å². The van der Waals surface area contributed by atoms with E-state index in [1.54, 1.807) is 11.0 Å². The van der Waals surface area contributed by atoms with Crippen LogP contribution in [0.15, 0.2) is 42.5 Å². The summed E-state index contributed by atoms with van der Waals surface area (Å²) < 4.78 is 12.4. The minimum Gasteiger partial charge on any atom is -0.486 e. The van der Waals surface area contributed by atoms with E-state index < -0.39 is 6.03 Å². The summed E-state index contributed by atoms with van der Waals surface area (Å²) in [6.45, 7) is 6.75. The molecule has 2 N–H and O–H groups in total. The Balaban J connectivity index is 1.10. The van der Waals surface area contributed by atoms with E-state index in [2.05, 4.69) is 28.0 Å². The molecule has 0 bridgehead atoms. The van der Waals surface area contributed by atoms with E-state index in [0.717, 1.165) is 72.2 Å². The fourth-order valence-corrected chi connectivity index (χ4v) is 5.70. The van der Waals surface area contributed by atoms with Crippen molar-refractivity contribution >= 4 is 38.1 Å². The Morgan fingerprint density at radius 1 is 1.03 bits per heavy atom. The number of rotatable bonds is 7. The molecule has 5 rings (SSSR count). The molecule has 2 amide bonds. The minimum atomic E-state index is -0.440. The van der Waals surface area contributed by atoms with Crippen molar-refractivity contribution < 1.29 is 14.3 Å². The molecule has 0 spiro atoms. The number of urea groups is 1. The van der Waals surface area contributed by atoms with Crippen LogP contribution in [0.25, 0.3) is 10.1 Å². The third-order valence-electron chi connectivity index (χ3n) is 6.53. The van der Waals surface area contributed by atoms with E-state index in [9.17, 15) is 4.79 Å². The number of hydrogen-bond acceptors (Lipinski definition) is 7. The molecule has 1 saturated heterocycles. The van der Waals surface area contributed by atoms with Gasteiger partial charge in [-0.05, 0) is 61.2 Å². The SMILES string of the molecule is N#Cc1ccc2sc(N(CCCCN3CCN(c4ccc5c(c4)OCCO5)CC3)C(N)=O)cc2c1. The number of primary amides is 1. The Bertz CT molecular complexity index is 1250. The van der Waals surface area contributed by atoms with Crippen LogP contribution in [0.1, 0.15) is 18.4 Å². The smallest absolute Gasteiger partial charge is 0.319 e. The lowest BCUT2D eigenvalue weighted by Crippen LogP contribution is -2.46. The maximum Gasteiger partial charge on any atom is 0.319 e. The van der Waals surface area contributed by atoms with Crippen molar-refractivity contribution in [3.05, 3.63) is 48.0 Å². The highest BCUT2D eigenvalue weighted by Gasteiger charge is 2.20. The number of nitriles is 1. The number of thiophene rings is 1. The quantitative estimate of drug-likeness (QED) is 0.502. The molecule has 3 heterocycles. The second-order valence-electron chi connectivity index (χ2n) is 8.80. The number of amides is 2. The van der Waals surface area contributed by atoms with Crippen LogP contribution >= 0.6 is 11.3 Å². The van der Waals surface area contributed by atoms with Crippen LogP contribution in [0, 0.1) is 11.3 Å². The predicted octanol–water partition coefficient (Wildman–Crippen LogP) is 4.03. The summed E-state index contributed by atoms with van der Waals surface area (Å²) in [7, 11) is 0. The van der Waals surface area contributed by atoms with Gasteiger partial charge in [-0.3, -0.25) is 9.80 Å². The van der Waals surface area contributed by atoms with Gasteiger partial charge in [0.2, 0.25) is 0 Å². The summed E-state index contributed by atoms with van der Waals surface area (Å²) in [5.41, 5.74) is 7.48. The standard InChI is InChI=1S/C26H29N5O3S/c27-18-19-3-6-24-20(15-19)16-25(35-24)31(26(28)32)8-2-1-7-29-9-11-30(12-10-29)21-4-5-22-23(17-21)34-14-13-33-22/h3-6,15-17H,1-2,7-14H2,(H2,28,32). The Labute approximate surface area is 209 Å². The maximum atomic E-state index is 12.1. The van der Waals surface area contributed by atoms with Crippen molar-refractivity contribution in [2.75, 3.05) is 62.3 Å². The van der Waals surface area contributed by atoms with Crippen LogP contribution in [0.3, 0.4) is 0 Å². The molecule has 0 unspecified atom stereocenters. The first-order valence-corrected chi connectivity index (χ1v) is 12.8. The minimum absolute atomic E-state index is 0.440. The number of nitrogens with two attached hydrogens (primary N) is 1. The zero-order chi connectivity index (χ0) is 24.2. The molecule has 1 aromatic heterocycles. The van der Waals surface area contributed by atoms with Crippen molar-refractivity contribution in [2.45, 2.75) is 12.8 Å². The molecule has 1 fully saturated rings. The van der Waals surface area contributed by atoms with E-state index >= 15 is 0 Å². The number of nitrogens with zero attached hydrogens (tertiary/aromatic N) is 4. The molecule has 2 aliphatic heterocycles. The lowest BCUT2D eigenvalue weighted by Gasteiger charge is -2.36. The molecule has 0 atom stereocenters. The summed E-state index contributed by atoms with van der Waals surface area (Å²) in [6.07, 6.45) is 1.88. The first-order chi connectivity index (χ1) is 17.1. The molecular formula is C26H29N5O3S. The summed E-state index contributed by atoms with van der Waals surface area (Å²) in [6, 6.07) is 15.4. The molecule has 8 nitrogen and oxygen atoms in total. The van der Waals surface area contributed by atoms with Crippen LogP contribution in [-0.4, -0.2) is 63.4 Å². The van der Waals surface area contributed by atoms with Crippen molar-refractivity contribution in [1.82, 2.24) is 4.90 Å². The largest absolute Gasteiger partial charge is 0.486 e. The zero-order valence-corrected chi connectivity index (χ0v) is 20.4. The fourth-order valence-electron chi connectivity index (χ4n) is 4.62. The first-order valence-electron chi connectivity index (χ1n) is 12.0. The summed E-state index contributed by atoms with van der Waals surface area (Å²) in [5, 5.41) is 10.9. The summed E-state index contributed by atoms with van der Waals surface area (Å²) >= 11 is 1.53. The highest BCUT2D eigenvalue weighted by atomic mass is 32.1. The average Bonchev–Trinajstić information content (AvgIpc) is 3.31. The highest BCUT2D eigenvalue weighted by molar-refractivity contribution is 7.23. The van der Waals surface area contributed by atoms with E-state index in [1.165, 1.54) is 17.0 Å². The van der Waals surface area contributed by atoms with Gasteiger partial charge < -0.3 is 20.1 Å². The molecule has 9 heteroatoms. The van der Waals surface area contributed by atoms with Crippen molar-refractivity contribution in [3.8, 4) is 17.6 Å². The van der Waals surface area contributed by atoms with Crippen LogP contribution in [0.2, 0.25) is 0 Å². The molecule has 35 heavy (non-hydrogen) atoms. The van der Waals surface area contributed by atoms with Gasteiger partial charge in [-0.25, -0.2) is 4.79 Å². The third kappa shape index (κ3) is 5.29. The van der Waals surface area contributed by atoms with Crippen LogP contribution < -0.4 is 25.0 Å². The Hall–Kier alpha value is -3.48. The van der Waals surface area contributed by atoms with Gasteiger partial charge >= 0.3 is 6.03 Å². The van der Waals surface area contributed by atoms with Gasteiger partial charge in [0.15, 0.2) is 11.5 Å². The molecule has 0 radical (unpaired) electrons. The number of benzene rings is 2. The Morgan fingerprint density at radius 2 is 1.83 bits per heavy atom. The topological polar surface area (TPSA) is 95.1 Å². The van der Waals surface area contributed by atoms with Crippen LogP contribution in [-0.2, 0) is 0 Å². The molecule has 2 aromatic carbocycles. The number of ether oxygens (including phenoxy) is 2. The molecule has 0 saturated carbocycles. The second kappa shape index (κ2) is 10.4. The molecule has 182 valence electrons. The van der Waals surface area contributed by atoms with Gasteiger partial charge in [0.25, 0.3) is 0 Å². The monoisotopic (exact) mass is 491 g/mol. The van der Waals surface area contributed by atoms with Crippen LogP contribution in [0.4, 0.5) is 15.5 Å². The van der Waals surface area contributed by atoms with E-state index in [-0.39, 0.29) is 0 Å². The molecule has 0 aliphatic carbocycles.